The van der Waals surface area contributed by atoms with E-state index < -0.39 is 0 Å². The average Bonchev–Trinajstić information content (AvgIpc) is 2.32. The molecule has 4 heteroatoms. The van der Waals surface area contributed by atoms with Crippen molar-refractivity contribution in [3.8, 4) is 0 Å². The predicted octanol–water partition coefficient (Wildman–Crippen LogP) is 1.94. The molecule has 1 amide bonds. The predicted molar refractivity (Wildman–Crippen MR) is 61.3 cm³/mol. The second-order valence-corrected chi connectivity index (χ2v) is 4.33. The normalized spacial score (nSPS) is 16.1. The van der Waals surface area contributed by atoms with Gasteiger partial charge in [0, 0.05) is 18.5 Å². The van der Waals surface area contributed by atoms with Gasteiger partial charge in [-0.1, -0.05) is 0 Å². The molecule has 90 valence electrons. The molecule has 2 rings (SSSR count). The first kappa shape index (κ1) is 11.8. The highest BCUT2D eigenvalue weighted by molar-refractivity contribution is 5.97. The van der Waals surface area contributed by atoms with Crippen LogP contribution in [0.5, 0.6) is 0 Å². The first-order valence-electron chi connectivity index (χ1n) is 5.65. The third-order valence-electron chi connectivity index (χ3n) is 2.94. The van der Waals surface area contributed by atoms with Gasteiger partial charge in [-0.15, -0.1) is 0 Å². The zero-order valence-corrected chi connectivity index (χ0v) is 9.70. The minimum atomic E-state index is -0.323. The molecule has 1 aromatic rings. The monoisotopic (exact) mass is 235 g/mol. The summed E-state index contributed by atoms with van der Waals surface area (Å²) in [5.74, 6) is -0.430. The Morgan fingerprint density at radius 3 is 2.82 bits per heavy atom. The molecule has 1 aliphatic rings. The summed E-state index contributed by atoms with van der Waals surface area (Å²) in [4.78, 5) is 24.9. The van der Waals surface area contributed by atoms with E-state index in [0.29, 0.717) is 30.5 Å². The van der Waals surface area contributed by atoms with Crippen molar-refractivity contribution in [3.05, 3.63) is 35.1 Å². The molecule has 1 heterocycles. The molecule has 0 N–H and O–H groups in total. The minimum absolute atomic E-state index is 0.0865. The van der Waals surface area contributed by atoms with Gasteiger partial charge in [0.05, 0.1) is 6.54 Å². The highest BCUT2D eigenvalue weighted by atomic mass is 19.1. The smallest absolute Gasteiger partial charge is 0.254 e. The summed E-state index contributed by atoms with van der Waals surface area (Å²) in [7, 11) is 0. The van der Waals surface area contributed by atoms with Crippen LogP contribution < -0.4 is 0 Å². The lowest BCUT2D eigenvalue weighted by Crippen LogP contribution is -2.40. The number of nitrogens with zero attached hydrogens (tertiary/aromatic N) is 1. The first-order valence-corrected chi connectivity index (χ1v) is 5.65. The van der Waals surface area contributed by atoms with E-state index >= 15 is 0 Å². The van der Waals surface area contributed by atoms with Crippen LogP contribution >= 0.6 is 0 Å². The van der Waals surface area contributed by atoms with E-state index in [1.165, 1.54) is 23.1 Å². The molecule has 0 spiro atoms. The molecule has 17 heavy (non-hydrogen) atoms. The highest BCUT2D eigenvalue weighted by Gasteiger charge is 2.22. The number of likely N-dealkylation sites (tertiary alicyclic amines) is 1. The Morgan fingerprint density at radius 2 is 2.18 bits per heavy atom. The van der Waals surface area contributed by atoms with E-state index in [0.717, 1.165) is 0 Å². The van der Waals surface area contributed by atoms with Gasteiger partial charge in [-0.05, 0) is 37.1 Å². The Balaban J connectivity index is 2.18. The number of piperidine rings is 1. The Bertz CT molecular complexity index is 470. The summed E-state index contributed by atoms with van der Waals surface area (Å²) in [5, 5.41) is 0. The number of carbonyl (C=O) groups excluding carboxylic acids is 2. The van der Waals surface area contributed by atoms with Crippen LogP contribution in [0.3, 0.4) is 0 Å². The molecule has 1 fully saturated rings. The van der Waals surface area contributed by atoms with Crippen LogP contribution in [0.4, 0.5) is 4.39 Å². The fourth-order valence-electron chi connectivity index (χ4n) is 1.97. The number of benzene rings is 1. The van der Waals surface area contributed by atoms with E-state index in [-0.39, 0.29) is 24.1 Å². The maximum absolute atomic E-state index is 13.1. The zero-order chi connectivity index (χ0) is 12.4. The van der Waals surface area contributed by atoms with Gasteiger partial charge in [-0.3, -0.25) is 9.59 Å². The van der Waals surface area contributed by atoms with Crippen LogP contribution in [-0.4, -0.2) is 29.7 Å². The highest BCUT2D eigenvalue weighted by Crippen LogP contribution is 2.14. The molecule has 0 radical (unpaired) electrons. The van der Waals surface area contributed by atoms with Crippen molar-refractivity contribution in [1.82, 2.24) is 4.90 Å². The van der Waals surface area contributed by atoms with Crippen molar-refractivity contribution in [2.75, 3.05) is 13.1 Å². The second-order valence-electron chi connectivity index (χ2n) is 4.33. The number of hydrogen-bond donors (Lipinski definition) is 0. The zero-order valence-electron chi connectivity index (χ0n) is 9.70. The number of carbonyl (C=O) groups is 2. The number of halogens is 1. The first-order chi connectivity index (χ1) is 8.08. The van der Waals surface area contributed by atoms with Gasteiger partial charge in [0.2, 0.25) is 0 Å². The summed E-state index contributed by atoms with van der Waals surface area (Å²) in [6.07, 6.45) is 1.26. The molecule has 0 bridgehead atoms. The van der Waals surface area contributed by atoms with E-state index in [1.54, 1.807) is 6.92 Å². The largest absolute Gasteiger partial charge is 0.331 e. The molecule has 1 aromatic carbocycles. The lowest BCUT2D eigenvalue weighted by atomic mass is 10.1. The fraction of sp³-hybridized carbons (Fsp3) is 0.385. The fourth-order valence-corrected chi connectivity index (χ4v) is 1.97. The second kappa shape index (κ2) is 4.65. The lowest BCUT2D eigenvalue weighted by molar-refractivity contribution is -0.121. The molecule has 1 aliphatic heterocycles. The Hall–Kier alpha value is -1.71. The summed E-state index contributed by atoms with van der Waals surface area (Å²) < 4.78 is 13.1. The lowest BCUT2D eigenvalue weighted by Gasteiger charge is -2.25. The molecule has 0 aliphatic carbocycles. The van der Waals surface area contributed by atoms with Crippen LogP contribution in [0.15, 0.2) is 18.2 Å². The minimum Gasteiger partial charge on any atom is -0.331 e. The van der Waals surface area contributed by atoms with Gasteiger partial charge in [-0.25, -0.2) is 4.39 Å². The van der Waals surface area contributed by atoms with Crippen molar-refractivity contribution in [3.63, 3.8) is 0 Å². The van der Waals surface area contributed by atoms with Gasteiger partial charge in [-0.2, -0.15) is 0 Å². The molecule has 1 saturated heterocycles. The molecule has 3 nitrogen and oxygen atoms in total. The number of Topliss-reactive ketones (excluding diaryl/α,β-unsaturated/α-hetero) is 1. The SMILES string of the molecule is Cc1cc(C(=O)N2CCCC(=O)C2)ccc1F. The third-order valence-corrected chi connectivity index (χ3v) is 2.94. The number of aryl methyl sites for hydroxylation is 1. The third kappa shape index (κ3) is 2.52. The van der Waals surface area contributed by atoms with Crippen LogP contribution in [0, 0.1) is 12.7 Å². The van der Waals surface area contributed by atoms with Gasteiger partial charge in [0.25, 0.3) is 5.91 Å². The van der Waals surface area contributed by atoms with Gasteiger partial charge in [0.15, 0.2) is 5.78 Å². The van der Waals surface area contributed by atoms with Crippen molar-refractivity contribution in [2.24, 2.45) is 0 Å². The Kier molecular flexibility index (Phi) is 3.22. The van der Waals surface area contributed by atoms with Crippen LogP contribution in [0.2, 0.25) is 0 Å². The number of rotatable bonds is 1. The van der Waals surface area contributed by atoms with Crippen LogP contribution in [0.1, 0.15) is 28.8 Å². The quantitative estimate of drug-likeness (QED) is 0.746. The van der Waals surface area contributed by atoms with E-state index in [9.17, 15) is 14.0 Å². The average molecular weight is 235 g/mol. The van der Waals surface area contributed by atoms with Crippen molar-refractivity contribution in [1.29, 1.82) is 0 Å². The summed E-state index contributed by atoms with van der Waals surface area (Å²) in [6.45, 7) is 2.39. The van der Waals surface area contributed by atoms with Crippen LogP contribution in [-0.2, 0) is 4.79 Å². The molecule has 0 unspecified atom stereocenters. The molecule has 0 saturated carbocycles. The number of ketones is 1. The molecular formula is C13H14FNO2. The molecular weight excluding hydrogens is 221 g/mol. The molecule has 0 aromatic heterocycles. The standard InChI is InChI=1S/C13H14FNO2/c1-9-7-10(4-5-12(9)14)13(17)15-6-2-3-11(16)8-15/h4-5,7H,2-3,6,8H2,1H3. The topological polar surface area (TPSA) is 37.4 Å². The Morgan fingerprint density at radius 1 is 1.41 bits per heavy atom. The van der Waals surface area contributed by atoms with E-state index in [1.807, 2.05) is 0 Å². The number of hydrogen-bond acceptors (Lipinski definition) is 2. The van der Waals surface area contributed by atoms with Gasteiger partial charge in [0.1, 0.15) is 5.82 Å². The number of amides is 1. The van der Waals surface area contributed by atoms with Crippen molar-refractivity contribution >= 4 is 11.7 Å². The summed E-state index contributed by atoms with van der Waals surface area (Å²) in [5.41, 5.74) is 0.887. The maximum atomic E-state index is 13.1. The summed E-state index contributed by atoms with van der Waals surface area (Å²) >= 11 is 0. The Labute approximate surface area is 99.2 Å². The van der Waals surface area contributed by atoms with Crippen molar-refractivity contribution in [2.45, 2.75) is 19.8 Å². The van der Waals surface area contributed by atoms with E-state index in [2.05, 4.69) is 0 Å². The van der Waals surface area contributed by atoms with Gasteiger partial charge < -0.3 is 4.90 Å². The van der Waals surface area contributed by atoms with Crippen molar-refractivity contribution < 1.29 is 14.0 Å². The van der Waals surface area contributed by atoms with Crippen LogP contribution in [0.25, 0.3) is 0 Å². The molecule has 0 atom stereocenters. The van der Waals surface area contributed by atoms with E-state index in [4.69, 9.17) is 0 Å². The summed E-state index contributed by atoms with van der Waals surface area (Å²) in [6, 6.07) is 4.27. The maximum Gasteiger partial charge on any atom is 0.254 e. The van der Waals surface area contributed by atoms with Gasteiger partial charge >= 0.3 is 0 Å².